The first kappa shape index (κ1) is 16.2. The molecule has 0 saturated heterocycles. The van der Waals surface area contributed by atoms with Gasteiger partial charge < -0.3 is 15.4 Å². The van der Waals surface area contributed by atoms with Gasteiger partial charge in [0.25, 0.3) is 0 Å². The van der Waals surface area contributed by atoms with E-state index in [2.05, 4.69) is 34.4 Å². The summed E-state index contributed by atoms with van der Waals surface area (Å²) in [6.07, 6.45) is 0. The minimum absolute atomic E-state index is 0.556. The number of nitrogens with one attached hydrogen (secondary N) is 2. The lowest BCUT2D eigenvalue weighted by Gasteiger charge is -2.12. The van der Waals surface area contributed by atoms with Crippen LogP contribution in [0.3, 0.4) is 0 Å². The standard InChI is InChI=1S/C17H24N4O/c1-13(2)12-19-16-11-15(18-9-10-22-3)20-17(21-16)14-7-5-4-6-8-14/h4-8,11,13H,9-10,12H2,1-3H3,(H2,18,19,20,21). The van der Waals surface area contributed by atoms with Crippen LogP contribution in [0.5, 0.6) is 0 Å². The highest BCUT2D eigenvalue weighted by atomic mass is 16.5. The molecule has 0 spiro atoms. The van der Waals surface area contributed by atoms with Gasteiger partial charge in [-0.25, -0.2) is 9.97 Å². The fourth-order valence-electron chi connectivity index (χ4n) is 1.93. The lowest BCUT2D eigenvalue weighted by Crippen LogP contribution is -2.13. The van der Waals surface area contributed by atoms with Crippen LogP contribution < -0.4 is 10.6 Å². The van der Waals surface area contributed by atoms with Gasteiger partial charge in [-0.1, -0.05) is 44.2 Å². The fourth-order valence-corrected chi connectivity index (χ4v) is 1.93. The highest BCUT2D eigenvalue weighted by Gasteiger charge is 2.07. The second-order valence-corrected chi connectivity index (χ2v) is 5.52. The fraction of sp³-hybridized carbons (Fsp3) is 0.412. The minimum atomic E-state index is 0.556. The van der Waals surface area contributed by atoms with Crippen molar-refractivity contribution in [2.75, 3.05) is 37.4 Å². The molecule has 1 heterocycles. The first-order valence-corrected chi connectivity index (χ1v) is 7.60. The van der Waals surface area contributed by atoms with Crippen molar-refractivity contribution >= 4 is 11.6 Å². The molecule has 2 aromatic rings. The molecule has 0 aliphatic rings. The number of rotatable bonds is 8. The van der Waals surface area contributed by atoms with Crippen molar-refractivity contribution in [3.8, 4) is 11.4 Å². The molecule has 0 atom stereocenters. The molecular weight excluding hydrogens is 276 g/mol. The summed E-state index contributed by atoms with van der Waals surface area (Å²) in [5, 5.41) is 6.63. The molecule has 0 unspecified atom stereocenters. The average Bonchev–Trinajstić information content (AvgIpc) is 2.54. The summed E-state index contributed by atoms with van der Waals surface area (Å²) < 4.78 is 5.07. The number of anilines is 2. The van der Waals surface area contributed by atoms with Crippen LogP contribution in [0.4, 0.5) is 11.6 Å². The molecule has 2 N–H and O–H groups in total. The largest absolute Gasteiger partial charge is 0.383 e. The second-order valence-electron chi connectivity index (χ2n) is 5.52. The molecule has 5 heteroatoms. The highest BCUT2D eigenvalue weighted by Crippen LogP contribution is 2.20. The van der Waals surface area contributed by atoms with Crippen molar-refractivity contribution in [2.45, 2.75) is 13.8 Å². The van der Waals surface area contributed by atoms with E-state index in [1.807, 2.05) is 36.4 Å². The van der Waals surface area contributed by atoms with Gasteiger partial charge >= 0.3 is 0 Å². The third-order valence-corrected chi connectivity index (χ3v) is 3.06. The van der Waals surface area contributed by atoms with Crippen molar-refractivity contribution in [3.63, 3.8) is 0 Å². The van der Waals surface area contributed by atoms with Crippen LogP contribution in [0.2, 0.25) is 0 Å². The SMILES string of the molecule is COCCNc1cc(NCC(C)C)nc(-c2ccccc2)n1. The third-order valence-electron chi connectivity index (χ3n) is 3.06. The topological polar surface area (TPSA) is 59.1 Å². The number of hydrogen-bond acceptors (Lipinski definition) is 5. The first-order chi connectivity index (χ1) is 10.7. The van der Waals surface area contributed by atoms with E-state index in [4.69, 9.17) is 4.74 Å². The molecule has 0 aliphatic carbocycles. The molecule has 2 rings (SSSR count). The lowest BCUT2D eigenvalue weighted by molar-refractivity contribution is 0.210. The molecule has 0 amide bonds. The van der Waals surface area contributed by atoms with Gasteiger partial charge in [0.1, 0.15) is 11.6 Å². The van der Waals surface area contributed by atoms with E-state index in [9.17, 15) is 0 Å². The van der Waals surface area contributed by atoms with Crippen molar-refractivity contribution in [2.24, 2.45) is 5.92 Å². The molecule has 5 nitrogen and oxygen atoms in total. The van der Waals surface area contributed by atoms with Crippen LogP contribution in [0, 0.1) is 5.92 Å². The number of ether oxygens (including phenoxy) is 1. The van der Waals surface area contributed by atoms with Crippen molar-refractivity contribution < 1.29 is 4.74 Å². The lowest BCUT2D eigenvalue weighted by atomic mass is 10.2. The Kier molecular flexibility index (Phi) is 6.15. The zero-order valence-electron chi connectivity index (χ0n) is 13.5. The normalized spacial score (nSPS) is 10.7. The van der Waals surface area contributed by atoms with Crippen molar-refractivity contribution in [3.05, 3.63) is 36.4 Å². The molecule has 0 aliphatic heterocycles. The average molecular weight is 300 g/mol. The first-order valence-electron chi connectivity index (χ1n) is 7.60. The maximum atomic E-state index is 5.07. The van der Waals surface area contributed by atoms with Gasteiger partial charge in [0, 0.05) is 31.8 Å². The number of nitrogens with zero attached hydrogens (tertiary/aromatic N) is 2. The quantitative estimate of drug-likeness (QED) is 0.733. The molecule has 0 radical (unpaired) electrons. The number of hydrogen-bond donors (Lipinski definition) is 2. The van der Waals surface area contributed by atoms with Gasteiger partial charge in [0.2, 0.25) is 0 Å². The Balaban J connectivity index is 2.23. The van der Waals surface area contributed by atoms with E-state index in [1.54, 1.807) is 7.11 Å². The molecule has 1 aromatic carbocycles. The van der Waals surface area contributed by atoms with E-state index in [1.165, 1.54) is 0 Å². The van der Waals surface area contributed by atoms with E-state index in [0.29, 0.717) is 24.9 Å². The maximum absolute atomic E-state index is 5.07. The van der Waals surface area contributed by atoms with Gasteiger partial charge in [0.15, 0.2) is 5.82 Å². The Morgan fingerprint density at radius 3 is 2.36 bits per heavy atom. The predicted octanol–water partition coefficient (Wildman–Crippen LogP) is 3.27. The highest BCUT2D eigenvalue weighted by molar-refractivity contribution is 5.61. The van der Waals surface area contributed by atoms with Gasteiger partial charge in [-0.15, -0.1) is 0 Å². The number of aromatic nitrogens is 2. The molecule has 22 heavy (non-hydrogen) atoms. The Labute approximate surface area is 132 Å². The summed E-state index contributed by atoms with van der Waals surface area (Å²) in [6, 6.07) is 11.9. The summed E-state index contributed by atoms with van der Waals surface area (Å²) in [4.78, 5) is 9.20. The van der Waals surface area contributed by atoms with Crippen LogP contribution in [0.25, 0.3) is 11.4 Å². The molecule has 0 bridgehead atoms. The summed E-state index contributed by atoms with van der Waals surface area (Å²) in [5.41, 5.74) is 1.01. The third kappa shape index (κ3) is 5.00. The Morgan fingerprint density at radius 2 is 1.73 bits per heavy atom. The summed E-state index contributed by atoms with van der Waals surface area (Å²) in [7, 11) is 1.69. The molecule has 0 saturated carbocycles. The number of methoxy groups -OCH3 is 1. The molecule has 118 valence electrons. The van der Waals surface area contributed by atoms with Gasteiger partial charge in [-0.05, 0) is 5.92 Å². The molecular formula is C17H24N4O. The van der Waals surface area contributed by atoms with Crippen LogP contribution in [-0.2, 0) is 4.74 Å². The summed E-state index contributed by atoms with van der Waals surface area (Å²) in [6.45, 7) is 6.57. The second kappa shape index (κ2) is 8.34. The van der Waals surface area contributed by atoms with Gasteiger partial charge in [0.05, 0.1) is 6.61 Å². The van der Waals surface area contributed by atoms with Crippen LogP contribution >= 0.6 is 0 Å². The van der Waals surface area contributed by atoms with E-state index >= 15 is 0 Å². The zero-order chi connectivity index (χ0) is 15.8. The van der Waals surface area contributed by atoms with Gasteiger partial charge in [-0.3, -0.25) is 0 Å². The molecule has 1 aromatic heterocycles. The van der Waals surface area contributed by atoms with Crippen LogP contribution in [-0.4, -0.2) is 36.8 Å². The molecule has 0 fully saturated rings. The van der Waals surface area contributed by atoms with E-state index in [-0.39, 0.29) is 0 Å². The summed E-state index contributed by atoms with van der Waals surface area (Å²) in [5.74, 6) is 2.91. The van der Waals surface area contributed by atoms with Crippen LogP contribution in [0.15, 0.2) is 36.4 Å². The van der Waals surface area contributed by atoms with Crippen molar-refractivity contribution in [1.82, 2.24) is 9.97 Å². The smallest absolute Gasteiger partial charge is 0.163 e. The monoisotopic (exact) mass is 300 g/mol. The van der Waals surface area contributed by atoms with Gasteiger partial charge in [-0.2, -0.15) is 0 Å². The number of benzene rings is 1. The minimum Gasteiger partial charge on any atom is -0.383 e. The maximum Gasteiger partial charge on any atom is 0.163 e. The van der Waals surface area contributed by atoms with Crippen LogP contribution in [0.1, 0.15) is 13.8 Å². The van der Waals surface area contributed by atoms with E-state index < -0.39 is 0 Å². The Bertz CT molecular complexity index is 572. The Morgan fingerprint density at radius 1 is 1.05 bits per heavy atom. The van der Waals surface area contributed by atoms with Crippen molar-refractivity contribution in [1.29, 1.82) is 0 Å². The predicted molar refractivity (Wildman–Crippen MR) is 91.2 cm³/mol. The zero-order valence-corrected chi connectivity index (χ0v) is 13.5. The Hall–Kier alpha value is -2.14. The van der Waals surface area contributed by atoms with E-state index in [0.717, 1.165) is 23.7 Å². The summed E-state index contributed by atoms with van der Waals surface area (Å²) >= 11 is 0.